The molecule has 0 aromatic heterocycles. The van der Waals surface area contributed by atoms with Gasteiger partial charge in [-0.1, -0.05) is 31.5 Å². The number of aliphatic hydroxyl groups excluding tert-OH is 1. The number of primary amides is 1. The Balaban J connectivity index is 3.41. The van der Waals surface area contributed by atoms with Crippen molar-refractivity contribution >= 4 is 6.09 Å². The molecule has 1 unspecified atom stereocenters. The predicted octanol–water partition coefficient (Wildman–Crippen LogP) is 3.22. The molecular formula is C14H18F3NO3. The fraction of sp³-hybridized carbons (Fsp3) is 0.500. The molecule has 1 aromatic rings. The third kappa shape index (κ3) is 3.87. The second-order valence-corrected chi connectivity index (χ2v) is 4.71. The fourth-order valence-corrected chi connectivity index (χ4v) is 2.14. The Labute approximate surface area is 120 Å². The lowest BCUT2D eigenvalue weighted by Gasteiger charge is -2.35. The summed E-state index contributed by atoms with van der Waals surface area (Å²) < 4.78 is 45.3. The number of rotatable bonds is 6. The smallest absolute Gasteiger partial charge is 0.428 e. The minimum absolute atomic E-state index is 0.205. The highest BCUT2D eigenvalue weighted by Gasteiger charge is 2.58. The lowest BCUT2D eigenvalue weighted by molar-refractivity contribution is -0.267. The van der Waals surface area contributed by atoms with E-state index in [1.54, 1.807) is 6.92 Å². The van der Waals surface area contributed by atoms with Gasteiger partial charge in [-0.05, 0) is 18.1 Å². The molecular weight excluding hydrogens is 287 g/mol. The molecule has 0 aliphatic carbocycles. The van der Waals surface area contributed by atoms with Gasteiger partial charge >= 0.3 is 12.3 Å². The predicted molar refractivity (Wildman–Crippen MR) is 70.3 cm³/mol. The molecule has 0 bridgehead atoms. The quantitative estimate of drug-likeness (QED) is 0.847. The molecule has 0 heterocycles. The van der Waals surface area contributed by atoms with Gasteiger partial charge in [0, 0.05) is 12.0 Å². The van der Waals surface area contributed by atoms with E-state index in [4.69, 9.17) is 10.8 Å². The summed E-state index contributed by atoms with van der Waals surface area (Å²) in [5.41, 5.74) is 2.11. The Bertz CT molecular complexity index is 491. The van der Waals surface area contributed by atoms with Crippen LogP contribution in [0, 0.1) is 0 Å². The lowest BCUT2D eigenvalue weighted by atomic mass is 9.86. The monoisotopic (exact) mass is 305 g/mol. The topological polar surface area (TPSA) is 72.5 Å². The summed E-state index contributed by atoms with van der Waals surface area (Å²) in [6.45, 7) is 1.32. The number of alkyl halides is 3. The normalized spacial score (nSPS) is 14.5. The Morgan fingerprint density at radius 2 is 2.05 bits per heavy atom. The first-order valence-electron chi connectivity index (χ1n) is 6.52. The van der Waals surface area contributed by atoms with Gasteiger partial charge in [0.05, 0.1) is 6.61 Å². The molecule has 21 heavy (non-hydrogen) atoms. The summed E-state index contributed by atoms with van der Waals surface area (Å²) in [5.74, 6) is 0. The molecule has 0 saturated carbocycles. The van der Waals surface area contributed by atoms with Crippen molar-refractivity contribution < 1.29 is 27.8 Å². The fourth-order valence-electron chi connectivity index (χ4n) is 2.14. The molecule has 0 fully saturated rings. The molecule has 1 rings (SSSR count). The van der Waals surface area contributed by atoms with E-state index in [-0.39, 0.29) is 12.0 Å². The van der Waals surface area contributed by atoms with Crippen LogP contribution in [0.2, 0.25) is 0 Å². The highest BCUT2D eigenvalue weighted by Crippen LogP contribution is 2.46. The molecule has 0 spiro atoms. The largest absolute Gasteiger partial charge is 0.432 e. The number of aliphatic hydroxyl groups is 1. The molecule has 3 N–H and O–H groups in total. The number of carbonyl (C=O) groups excluding carboxylic acids is 1. The molecule has 1 atom stereocenters. The molecule has 118 valence electrons. The molecule has 1 amide bonds. The third-order valence-electron chi connectivity index (χ3n) is 3.19. The van der Waals surface area contributed by atoms with Crippen molar-refractivity contribution in [1.82, 2.24) is 0 Å². The molecule has 4 nitrogen and oxygen atoms in total. The highest BCUT2D eigenvalue weighted by molar-refractivity contribution is 5.65. The molecule has 1 aromatic carbocycles. The number of benzene rings is 1. The summed E-state index contributed by atoms with van der Waals surface area (Å²) in [5, 5.41) is 9.07. The van der Waals surface area contributed by atoms with Crippen LogP contribution < -0.4 is 5.73 Å². The van der Waals surface area contributed by atoms with Gasteiger partial charge in [-0.2, -0.15) is 13.2 Å². The first kappa shape index (κ1) is 17.3. The second kappa shape index (κ2) is 6.80. The van der Waals surface area contributed by atoms with Crippen molar-refractivity contribution in [2.75, 3.05) is 0 Å². The maximum atomic E-state index is 13.6. The average Bonchev–Trinajstić information content (AvgIpc) is 2.41. The van der Waals surface area contributed by atoms with E-state index in [9.17, 15) is 18.0 Å². The Kier molecular flexibility index (Phi) is 5.60. The first-order chi connectivity index (χ1) is 9.76. The van der Waals surface area contributed by atoms with E-state index in [0.717, 1.165) is 0 Å². The van der Waals surface area contributed by atoms with Crippen molar-refractivity contribution in [3.63, 3.8) is 0 Å². The van der Waals surface area contributed by atoms with Crippen molar-refractivity contribution in [1.29, 1.82) is 0 Å². The van der Waals surface area contributed by atoms with Crippen LogP contribution in [-0.2, 0) is 16.9 Å². The van der Waals surface area contributed by atoms with Crippen LogP contribution in [0.25, 0.3) is 0 Å². The van der Waals surface area contributed by atoms with Crippen LogP contribution in [0.1, 0.15) is 37.3 Å². The zero-order chi connectivity index (χ0) is 16.1. The molecule has 0 radical (unpaired) electrons. The zero-order valence-electron chi connectivity index (χ0n) is 11.6. The summed E-state index contributed by atoms with van der Waals surface area (Å²) in [6, 6.07) is 5.24. The lowest BCUT2D eigenvalue weighted by Crippen LogP contribution is -2.47. The number of hydrogen-bond donors (Lipinski definition) is 2. The maximum absolute atomic E-state index is 13.6. The van der Waals surface area contributed by atoms with Gasteiger partial charge in [-0.25, -0.2) is 4.79 Å². The first-order valence-corrected chi connectivity index (χ1v) is 6.52. The Morgan fingerprint density at radius 1 is 1.38 bits per heavy atom. The number of hydrogen-bond acceptors (Lipinski definition) is 3. The van der Waals surface area contributed by atoms with Gasteiger partial charge in [0.15, 0.2) is 0 Å². The number of unbranched alkanes of at least 4 members (excludes halogenated alkanes) is 1. The van der Waals surface area contributed by atoms with Crippen LogP contribution in [0.15, 0.2) is 24.3 Å². The van der Waals surface area contributed by atoms with Crippen LogP contribution >= 0.6 is 0 Å². The van der Waals surface area contributed by atoms with Crippen molar-refractivity contribution in [2.24, 2.45) is 5.73 Å². The Morgan fingerprint density at radius 3 is 2.52 bits per heavy atom. The van der Waals surface area contributed by atoms with Gasteiger partial charge in [0.25, 0.3) is 0 Å². The van der Waals surface area contributed by atoms with Crippen LogP contribution in [0.5, 0.6) is 0 Å². The van der Waals surface area contributed by atoms with Gasteiger partial charge < -0.3 is 15.6 Å². The number of ether oxygens (including phenoxy) is 1. The van der Waals surface area contributed by atoms with E-state index in [1.165, 1.54) is 24.3 Å². The molecule has 7 heteroatoms. The summed E-state index contributed by atoms with van der Waals surface area (Å²) >= 11 is 0. The van der Waals surface area contributed by atoms with Crippen LogP contribution in [0.4, 0.5) is 18.0 Å². The maximum Gasteiger partial charge on any atom is 0.432 e. The molecule has 0 saturated heterocycles. The van der Waals surface area contributed by atoms with Gasteiger partial charge in [-0.3, -0.25) is 0 Å². The number of halogens is 3. The minimum atomic E-state index is -4.81. The number of nitrogens with two attached hydrogens (primary N) is 1. The van der Waals surface area contributed by atoms with Gasteiger partial charge in [-0.15, -0.1) is 0 Å². The Hall–Kier alpha value is -1.76. The standard InChI is InChI=1S/C14H18F3NO3/c1-2-3-7-13(14(15,16)17,21-12(18)20)11-6-4-5-10(8-11)9-19/h4-6,8,19H,2-3,7,9H2,1H3,(H2,18,20). The minimum Gasteiger partial charge on any atom is -0.428 e. The van der Waals surface area contributed by atoms with Gasteiger partial charge in [0.1, 0.15) is 0 Å². The SMILES string of the molecule is CCCCC(OC(N)=O)(c1cccc(CO)c1)C(F)(F)F. The van der Waals surface area contributed by atoms with E-state index >= 15 is 0 Å². The number of carbonyl (C=O) groups is 1. The van der Waals surface area contributed by atoms with E-state index < -0.39 is 30.9 Å². The van der Waals surface area contributed by atoms with Crippen molar-refractivity contribution in [2.45, 2.75) is 44.6 Å². The third-order valence-corrected chi connectivity index (χ3v) is 3.19. The van der Waals surface area contributed by atoms with E-state index in [1.807, 2.05) is 0 Å². The number of amides is 1. The molecule has 0 aliphatic rings. The summed E-state index contributed by atoms with van der Waals surface area (Å²) in [7, 11) is 0. The summed E-state index contributed by atoms with van der Waals surface area (Å²) in [4.78, 5) is 11.0. The molecule has 0 aliphatic heterocycles. The van der Waals surface area contributed by atoms with Crippen LogP contribution in [-0.4, -0.2) is 17.4 Å². The van der Waals surface area contributed by atoms with Gasteiger partial charge in [0.2, 0.25) is 5.60 Å². The highest BCUT2D eigenvalue weighted by atomic mass is 19.4. The zero-order valence-corrected chi connectivity index (χ0v) is 11.6. The second-order valence-electron chi connectivity index (χ2n) is 4.71. The van der Waals surface area contributed by atoms with E-state index in [2.05, 4.69) is 4.74 Å². The van der Waals surface area contributed by atoms with Crippen molar-refractivity contribution in [3.8, 4) is 0 Å². The van der Waals surface area contributed by atoms with Crippen LogP contribution in [0.3, 0.4) is 0 Å². The summed E-state index contributed by atoms with van der Waals surface area (Å²) in [6.07, 6.45) is -6.02. The van der Waals surface area contributed by atoms with E-state index in [0.29, 0.717) is 12.0 Å². The van der Waals surface area contributed by atoms with Crippen molar-refractivity contribution in [3.05, 3.63) is 35.4 Å². The average molecular weight is 305 g/mol.